The first-order valence-corrected chi connectivity index (χ1v) is 6.24. The molecular formula is C13H13FN2S. The second-order valence-corrected chi connectivity index (χ2v) is 4.54. The summed E-state index contributed by atoms with van der Waals surface area (Å²) in [5, 5.41) is 4.00. The Balaban J connectivity index is 2.15. The van der Waals surface area contributed by atoms with E-state index in [-0.39, 0.29) is 5.82 Å². The van der Waals surface area contributed by atoms with Crippen LogP contribution < -0.4 is 5.32 Å². The van der Waals surface area contributed by atoms with Crippen LogP contribution in [-0.2, 0) is 0 Å². The minimum Gasteiger partial charge on any atom is -0.370 e. The smallest absolute Gasteiger partial charge is 0.127 e. The molecule has 0 radical (unpaired) electrons. The lowest BCUT2D eigenvalue weighted by Crippen LogP contribution is -1.98. The minimum atomic E-state index is -0.224. The van der Waals surface area contributed by atoms with Gasteiger partial charge < -0.3 is 5.32 Å². The molecule has 0 aliphatic carbocycles. The van der Waals surface area contributed by atoms with Crippen molar-refractivity contribution in [2.24, 2.45) is 0 Å². The fraction of sp³-hybridized carbons (Fsp3) is 0.154. The van der Waals surface area contributed by atoms with Crippen LogP contribution in [0.5, 0.6) is 0 Å². The monoisotopic (exact) mass is 248 g/mol. The molecule has 2 aromatic rings. The number of aromatic nitrogens is 1. The first-order chi connectivity index (χ1) is 8.28. The molecule has 88 valence electrons. The van der Waals surface area contributed by atoms with E-state index in [1.807, 2.05) is 31.2 Å². The van der Waals surface area contributed by atoms with Crippen molar-refractivity contribution in [2.45, 2.75) is 16.8 Å². The Kier molecular flexibility index (Phi) is 3.98. The molecule has 1 aromatic carbocycles. The molecule has 0 saturated heterocycles. The molecule has 0 unspecified atom stereocenters. The van der Waals surface area contributed by atoms with Gasteiger partial charge in [-0.2, -0.15) is 0 Å². The molecule has 0 aliphatic heterocycles. The van der Waals surface area contributed by atoms with Gasteiger partial charge in [-0.3, -0.25) is 0 Å². The molecule has 17 heavy (non-hydrogen) atoms. The highest BCUT2D eigenvalue weighted by Crippen LogP contribution is 2.27. The summed E-state index contributed by atoms with van der Waals surface area (Å²) in [6.07, 6.45) is 0. The maximum atomic E-state index is 13.0. The number of hydrogen-bond acceptors (Lipinski definition) is 3. The van der Waals surface area contributed by atoms with Gasteiger partial charge in [0.2, 0.25) is 0 Å². The van der Waals surface area contributed by atoms with Gasteiger partial charge in [0, 0.05) is 11.4 Å². The predicted molar refractivity (Wildman–Crippen MR) is 68.9 cm³/mol. The molecule has 1 aromatic heterocycles. The Morgan fingerprint density at radius 2 is 2.06 bits per heavy atom. The first-order valence-electron chi connectivity index (χ1n) is 5.42. The molecule has 0 saturated carbocycles. The topological polar surface area (TPSA) is 24.9 Å². The van der Waals surface area contributed by atoms with Gasteiger partial charge in [0.1, 0.15) is 16.7 Å². The van der Waals surface area contributed by atoms with E-state index >= 15 is 0 Å². The van der Waals surface area contributed by atoms with E-state index in [4.69, 9.17) is 0 Å². The van der Waals surface area contributed by atoms with Crippen molar-refractivity contribution in [1.82, 2.24) is 4.98 Å². The molecule has 0 amide bonds. The quantitative estimate of drug-likeness (QED) is 0.890. The largest absolute Gasteiger partial charge is 0.370 e. The van der Waals surface area contributed by atoms with Gasteiger partial charge in [0.15, 0.2) is 0 Å². The maximum absolute atomic E-state index is 13.0. The van der Waals surface area contributed by atoms with Gasteiger partial charge in [-0.15, -0.1) is 0 Å². The molecule has 2 rings (SSSR count). The second-order valence-electron chi connectivity index (χ2n) is 3.45. The Labute approximate surface area is 104 Å². The van der Waals surface area contributed by atoms with Gasteiger partial charge >= 0.3 is 0 Å². The van der Waals surface area contributed by atoms with Gasteiger partial charge in [0.05, 0.1) is 0 Å². The van der Waals surface area contributed by atoms with Crippen LogP contribution in [0.4, 0.5) is 10.2 Å². The van der Waals surface area contributed by atoms with Crippen molar-refractivity contribution in [2.75, 3.05) is 11.9 Å². The van der Waals surface area contributed by atoms with E-state index < -0.39 is 0 Å². The zero-order valence-electron chi connectivity index (χ0n) is 9.48. The molecule has 0 aliphatic rings. The van der Waals surface area contributed by atoms with Crippen molar-refractivity contribution in [3.63, 3.8) is 0 Å². The number of pyridine rings is 1. The van der Waals surface area contributed by atoms with Gasteiger partial charge in [-0.1, -0.05) is 23.9 Å². The average Bonchev–Trinajstić information content (AvgIpc) is 2.30. The molecule has 0 atom stereocenters. The Morgan fingerprint density at radius 1 is 1.24 bits per heavy atom. The van der Waals surface area contributed by atoms with Crippen LogP contribution in [0.3, 0.4) is 0 Å². The highest BCUT2D eigenvalue weighted by atomic mass is 32.2. The molecular weight excluding hydrogens is 235 g/mol. The summed E-state index contributed by atoms with van der Waals surface area (Å²) in [6.45, 7) is 2.86. The summed E-state index contributed by atoms with van der Waals surface area (Å²) in [7, 11) is 0. The van der Waals surface area contributed by atoms with Crippen LogP contribution in [-0.4, -0.2) is 11.5 Å². The van der Waals surface area contributed by atoms with Crippen molar-refractivity contribution >= 4 is 17.6 Å². The minimum absolute atomic E-state index is 0.224. The van der Waals surface area contributed by atoms with Gasteiger partial charge in [-0.25, -0.2) is 9.37 Å². The molecule has 1 N–H and O–H groups in total. The summed E-state index contributed by atoms with van der Waals surface area (Å²) in [5.74, 6) is 0.617. The first kappa shape index (κ1) is 11.9. The van der Waals surface area contributed by atoms with Crippen LogP contribution in [0.1, 0.15) is 6.92 Å². The van der Waals surface area contributed by atoms with E-state index in [0.29, 0.717) is 0 Å². The second kappa shape index (κ2) is 5.68. The number of halogens is 1. The zero-order chi connectivity index (χ0) is 12.1. The Bertz CT molecular complexity index is 502. The third kappa shape index (κ3) is 3.46. The number of anilines is 1. The van der Waals surface area contributed by atoms with Crippen LogP contribution in [0, 0.1) is 5.82 Å². The Morgan fingerprint density at radius 3 is 2.82 bits per heavy atom. The van der Waals surface area contributed by atoms with Crippen LogP contribution in [0.15, 0.2) is 52.4 Å². The summed E-state index contributed by atoms with van der Waals surface area (Å²) < 4.78 is 13.0. The summed E-state index contributed by atoms with van der Waals surface area (Å²) in [5.41, 5.74) is 0. The standard InChI is InChI=1S/C13H13FN2S/c1-2-15-12-7-4-8-13(16-12)17-11-6-3-5-10(14)9-11/h3-9H,2H2,1H3,(H,15,16). The molecule has 0 bridgehead atoms. The van der Waals surface area contributed by atoms with Gasteiger partial charge in [0.25, 0.3) is 0 Å². The number of nitrogens with one attached hydrogen (secondary N) is 1. The summed E-state index contributed by atoms with van der Waals surface area (Å²) >= 11 is 1.45. The molecule has 0 fully saturated rings. The Hall–Kier alpha value is -1.55. The van der Waals surface area contributed by atoms with Crippen LogP contribution in [0.2, 0.25) is 0 Å². The van der Waals surface area contributed by atoms with E-state index in [1.54, 1.807) is 6.07 Å². The normalized spacial score (nSPS) is 10.2. The number of hydrogen-bond donors (Lipinski definition) is 1. The van der Waals surface area contributed by atoms with Crippen molar-refractivity contribution in [3.05, 3.63) is 48.3 Å². The number of rotatable bonds is 4. The zero-order valence-corrected chi connectivity index (χ0v) is 10.3. The fourth-order valence-corrected chi connectivity index (χ4v) is 2.25. The molecule has 1 heterocycles. The SMILES string of the molecule is CCNc1cccc(Sc2cccc(F)c2)n1. The fourth-order valence-electron chi connectivity index (χ4n) is 1.40. The van der Waals surface area contributed by atoms with Crippen LogP contribution in [0.25, 0.3) is 0 Å². The van der Waals surface area contributed by atoms with Crippen molar-refractivity contribution in [3.8, 4) is 0 Å². The third-order valence-corrected chi connectivity index (χ3v) is 3.03. The van der Waals surface area contributed by atoms with E-state index in [1.165, 1.54) is 23.9 Å². The van der Waals surface area contributed by atoms with E-state index in [2.05, 4.69) is 10.3 Å². The van der Waals surface area contributed by atoms with E-state index in [9.17, 15) is 4.39 Å². The molecule has 4 heteroatoms. The third-order valence-electron chi connectivity index (χ3n) is 2.10. The van der Waals surface area contributed by atoms with Crippen LogP contribution >= 0.6 is 11.8 Å². The lowest BCUT2D eigenvalue weighted by molar-refractivity contribution is 0.624. The highest BCUT2D eigenvalue weighted by molar-refractivity contribution is 7.99. The predicted octanol–water partition coefficient (Wildman–Crippen LogP) is 3.80. The summed E-state index contributed by atoms with van der Waals surface area (Å²) in [4.78, 5) is 5.27. The number of nitrogens with zero attached hydrogens (tertiary/aromatic N) is 1. The van der Waals surface area contributed by atoms with Crippen molar-refractivity contribution in [1.29, 1.82) is 0 Å². The number of benzene rings is 1. The van der Waals surface area contributed by atoms with Gasteiger partial charge in [-0.05, 0) is 37.3 Å². The lowest BCUT2D eigenvalue weighted by Gasteiger charge is -2.05. The maximum Gasteiger partial charge on any atom is 0.127 e. The molecule has 2 nitrogen and oxygen atoms in total. The average molecular weight is 248 g/mol. The lowest BCUT2D eigenvalue weighted by atomic mass is 10.4. The van der Waals surface area contributed by atoms with Crippen molar-refractivity contribution < 1.29 is 4.39 Å². The highest BCUT2D eigenvalue weighted by Gasteiger charge is 2.01. The molecule has 0 spiro atoms. The van der Waals surface area contributed by atoms with E-state index in [0.717, 1.165) is 22.3 Å². The summed E-state index contributed by atoms with van der Waals surface area (Å²) in [6, 6.07) is 12.3.